The van der Waals surface area contributed by atoms with Crippen molar-refractivity contribution in [3.63, 3.8) is 0 Å². The zero-order valence-corrected chi connectivity index (χ0v) is 18.0. The Morgan fingerprint density at radius 1 is 1.03 bits per heavy atom. The number of hydrogen-bond acceptors (Lipinski definition) is 4. The van der Waals surface area contributed by atoms with Crippen LogP contribution in [0.2, 0.25) is 0 Å². The molecule has 0 saturated heterocycles. The van der Waals surface area contributed by atoms with Crippen LogP contribution in [-0.2, 0) is 6.42 Å². The summed E-state index contributed by atoms with van der Waals surface area (Å²) in [7, 11) is 0. The third kappa shape index (κ3) is 9.00. The van der Waals surface area contributed by atoms with Crippen LogP contribution in [0.3, 0.4) is 0 Å². The van der Waals surface area contributed by atoms with Crippen LogP contribution < -0.4 is 5.32 Å². The van der Waals surface area contributed by atoms with Crippen LogP contribution in [0.1, 0.15) is 63.9 Å². The van der Waals surface area contributed by atoms with Gasteiger partial charge in [0.2, 0.25) is 0 Å². The van der Waals surface area contributed by atoms with Gasteiger partial charge in [-0.25, -0.2) is 0 Å². The van der Waals surface area contributed by atoms with Crippen molar-refractivity contribution in [1.82, 2.24) is 5.32 Å². The van der Waals surface area contributed by atoms with E-state index in [0.717, 1.165) is 32.4 Å². The molecule has 0 spiro atoms. The summed E-state index contributed by atoms with van der Waals surface area (Å²) in [6.45, 7) is 4.27. The first kappa shape index (κ1) is 24.1. The van der Waals surface area contributed by atoms with Crippen molar-refractivity contribution < 1.29 is 15.3 Å². The average Bonchev–Trinajstić information content (AvgIpc) is 3.00. The minimum absolute atomic E-state index is 0.0508. The van der Waals surface area contributed by atoms with Crippen LogP contribution in [0, 0.1) is 11.8 Å². The van der Waals surface area contributed by atoms with Crippen LogP contribution in [0.25, 0.3) is 0 Å². The minimum Gasteiger partial charge on any atom is -0.393 e. The lowest BCUT2D eigenvalue weighted by molar-refractivity contribution is 0.115. The van der Waals surface area contributed by atoms with Gasteiger partial charge in [0.25, 0.3) is 0 Å². The molecule has 2 rings (SSSR count). The number of aliphatic hydroxyl groups excluding tert-OH is 3. The molecule has 1 aliphatic rings. The third-order valence-electron chi connectivity index (χ3n) is 6.18. The van der Waals surface area contributed by atoms with Crippen molar-refractivity contribution in [2.75, 3.05) is 13.1 Å². The lowest BCUT2D eigenvalue weighted by Crippen LogP contribution is -2.21. The predicted octanol–water partition coefficient (Wildman–Crippen LogP) is 3.84. The molecule has 4 N–H and O–H groups in total. The highest BCUT2D eigenvalue weighted by molar-refractivity contribution is 5.15. The summed E-state index contributed by atoms with van der Waals surface area (Å²) in [6, 6.07) is 10.2. The predicted molar refractivity (Wildman–Crippen MR) is 120 cm³/mol. The molecule has 1 aromatic carbocycles. The van der Waals surface area contributed by atoms with E-state index in [-0.39, 0.29) is 11.8 Å². The van der Waals surface area contributed by atoms with Gasteiger partial charge in [0.05, 0.1) is 18.3 Å². The van der Waals surface area contributed by atoms with Crippen molar-refractivity contribution in [3.05, 3.63) is 48.0 Å². The quantitative estimate of drug-likeness (QED) is 0.281. The van der Waals surface area contributed by atoms with Crippen LogP contribution in [0.5, 0.6) is 0 Å². The molecule has 0 bridgehead atoms. The van der Waals surface area contributed by atoms with E-state index >= 15 is 0 Å². The van der Waals surface area contributed by atoms with Crippen molar-refractivity contribution in [2.45, 2.75) is 83.0 Å². The van der Waals surface area contributed by atoms with Gasteiger partial charge in [0, 0.05) is 12.3 Å². The molecule has 0 aliphatic heterocycles. The van der Waals surface area contributed by atoms with Gasteiger partial charge >= 0.3 is 0 Å². The van der Waals surface area contributed by atoms with E-state index in [1.807, 2.05) is 30.4 Å². The molecule has 1 aromatic rings. The molecule has 4 nitrogen and oxygen atoms in total. The molecule has 0 radical (unpaired) electrons. The lowest BCUT2D eigenvalue weighted by Gasteiger charge is -2.21. The summed E-state index contributed by atoms with van der Waals surface area (Å²) in [5.41, 5.74) is 1.22. The van der Waals surface area contributed by atoms with E-state index in [1.54, 1.807) is 0 Å². The number of rotatable bonds is 14. The number of benzene rings is 1. The Kier molecular flexibility index (Phi) is 11.6. The van der Waals surface area contributed by atoms with Gasteiger partial charge in [-0.2, -0.15) is 0 Å². The highest BCUT2D eigenvalue weighted by Gasteiger charge is 2.39. The molecule has 1 saturated carbocycles. The minimum atomic E-state index is -0.516. The molecule has 164 valence electrons. The van der Waals surface area contributed by atoms with E-state index in [9.17, 15) is 15.3 Å². The Hall–Kier alpha value is -1.20. The standard InChI is InChI=1S/C25H41NO3/c1-2-26-18-10-5-3-4-9-13-22-23(25(29)19-24(22)28)17-16-21(27)15-14-20-11-7-6-8-12-20/h6-8,11-12,16-17,21-29H,2-5,9-10,13-15,18-19H2,1H3/b17-16+/t21-,22+,23+,24-,25+/m0/s1. The second kappa shape index (κ2) is 13.9. The fraction of sp³-hybridized carbons (Fsp3) is 0.680. The molecule has 0 unspecified atom stereocenters. The molecule has 29 heavy (non-hydrogen) atoms. The summed E-state index contributed by atoms with van der Waals surface area (Å²) in [5.74, 6) is 0.0504. The number of aliphatic hydroxyl groups is 3. The molecular weight excluding hydrogens is 362 g/mol. The zero-order valence-electron chi connectivity index (χ0n) is 18.0. The maximum atomic E-state index is 10.4. The van der Waals surface area contributed by atoms with Crippen LogP contribution in [-0.4, -0.2) is 46.7 Å². The van der Waals surface area contributed by atoms with Gasteiger partial charge in [-0.3, -0.25) is 0 Å². The van der Waals surface area contributed by atoms with Gasteiger partial charge < -0.3 is 20.6 Å². The second-order valence-corrected chi connectivity index (χ2v) is 8.50. The average molecular weight is 404 g/mol. The maximum Gasteiger partial charge on any atom is 0.0724 e. The van der Waals surface area contributed by atoms with E-state index in [1.165, 1.54) is 31.2 Å². The SMILES string of the molecule is CCNCCCCCCC[C@@H]1[C@@H](/C=C/[C@@H](O)CCc2ccccc2)[C@H](O)C[C@@H]1O. The Balaban J connectivity index is 1.71. The summed E-state index contributed by atoms with van der Waals surface area (Å²) in [5, 5.41) is 34.4. The fourth-order valence-electron chi connectivity index (χ4n) is 4.43. The smallest absolute Gasteiger partial charge is 0.0724 e. The Morgan fingerprint density at radius 2 is 1.76 bits per heavy atom. The Morgan fingerprint density at radius 3 is 2.52 bits per heavy atom. The number of aryl methyl sites for hydroxylation is 1. The van der Waals surface area contributed by atoms with Crippen molar-refractivity contribution >= 4 is 0 Å². The normalized spacial score (nSPS) is 25.7. The van der Waals surface area contributed by atoms with Gasteiger partial charge in [0.1, 0.15) is 0 Å². The van der Waals surface area contributed by atoms with E-state index in [0.29, 0.717) is 12.8 Å². The van der Waals surface area contributed by atoms with Crippen molar-refractivity contribution in [1.29, 1.82) is 0 Å². The number of hydrogen-bond donors (Lipinski definition) is 4. The first-order valence-electron chi connectivity index (χ1n) is 11.6. The monoisotopic (exact) mass is 403 g/mol. The van der Waals surface area contributed by atoms with Crippen LogP contribution in [0.4, 0.5) is 0 Å². The first-order chi connectivity index (χ1) is 14.1. The first-order valence-corrected chi connectivity index (χ1v) is 11.6. The number of nitrogens with one attached hydrogen (secondary N) is 1. The van der Waals surface area contributed by atoms with E-state index in [4.69, 9.17) is 0 Å². The zero-order chi connectivity index (χ0) is 20.9. The number of unbranched alkanes of at least 4 members (excludes halogenated alkanes) is 4. The highest BCUT2D eigenvalue weighted by atomic mass is 16.3. The molecule has 5 atom stereocenters. The van der Waals surface area contributed by atoms with Gasteiger partial charge in [-0.05, 0) is 50.3 Å². The lowest BCUT2D eigenvalue weighted by atomic mass is 9.87. The summed E-state index contributed by atoms with van der Waals surface area (Å²) in [4.78, 5) is 0. The van der Waals surface area contributed by atoms with Crippen molar-refractivity contribution in [3.8, 4) is 0 Å². The fourth-order valence-corrected chi connectivity index (χ4v) is 4.43. The Bertz CT molecular complexity index is 562. The maximum absolute atomic E-state index is 10.4. The largest absolute Gasteiger partial charge is 0.393 e. The molecule has 1 aliphatic carbocycles. The molecule has 1 fully saturated rings. The van der Waals surface area contributed by atoms with E-state index in [2.05, 4.69) is 24.4 Å². The molecule has 0 aromatic heterocycles. The summed E-state index contributed by atoms with van der Waals surface area (Å²) >= 11 is 0. The van der Waals surface area contributed by atoms with Crippen LogP contribution >= 0.6 is 0 Å². The van der Waals surface area contributed by atoms with Crippen molar-refractivity contribution in [2.24, 2.45) is 11.8 Å². The topological polar surface area (TPSA) is 72.7 Å². The van der Waals surface area contributed by atoms with Gasteiger partial charge in [-0.1, -0.05) is 75.1 Å². The van der Waals surface area contributed by atoms with Gasteiger partial charge in [0.15, 0.2) is 0 Å². The molecule has 4 heteroatoms. The third-order valence-corrected chi connectivity index (χ3v) is 6.18. The van der Waals surface area contributed by atoms with E-state index < -0.39 is 18.3 Å². The van der Waals surface area contributed by atoms with Gasteiger partial charge in [-0.15, -0.1) is 0 Å². The molecule has 0 heterocycles. The molecule has 0 amide bonds. The second-order valence-electron chi connectivity index (χ2n) is 8.50. The summed E-state index contributed by atoms with van der Waals surface area (Å²) in [6.07, 6.45) is 11.2. The van der Waals surface area contributed by atoms with Crippen LogP contribution in [0.15, 0.2) is 42.5 Å². The molecular formula is C25H41NO3. The highest BCUT2D eigenvalue weighted by Crippen LogP contribution is 2.37. The Labute approximate surface area is 177 Å². The summed E-state index contributed by atoms with van der Waals surface area (Å²) < 4.78 is 0.